The van der Waals surface area contributed by atoms with E-state index < -0.39 is 0 Å². The van der Waals surface area contributed by atoms with E-state index in [4.69, 9.17) is 0 Å². The first-order valence-electron chi connectivity index (χ1n) is 4.44. The second-order valence-corrected chi connectivity index (χ2v) is 3.18. The van der Waals surface area contributed by atoms with Crippen molar-refractivity contribution in [1.82, 2.24) is 0 Å². The fourth-order valence-electron chi connectivity index (χ4n) is 1.53. The molecule has 0 aliphatic heterocycles. The molecule has 1 aromatic rings. The van der Waals surface area contributed by atoms with Crippen LogP contribution in [0.25, 0.3) is 0 Å². The van der Waals surface area contributed by atoms with Gasteiger partial charge in [0.15, 0.2) is 0 Å². The van der Waals surface area contributed by atoms with Gasteiger partial charge in [-0.3, -0.25) is 0 Å². The lowest BCUT2D eigenvalue weighted by molar-refractivity contribution is 0.604. The Morgan fingerprint density at radius 1 is 1.15 bits per heavy atom. The summed E-state index contributed by atoms with van der Waals surface area (Å²) >= 11 is 0. The smallest absolute Gasteiger partial charge is 0.101 e. The molecule has 1 aromatic carbocycles. The molecule has 0 radical (unpaired) electrons. The maximum absolute atomic E-state index is 12.9. The molecule has 1 heteroatoms. The predicted octanol–water partition coefficient (Wildman–Crippen LogP) is 3.58. The molecule has 0 spiro atoms. The lowest BCUT2D eigenvalue weighted by Gasteiger charge is -2.11. The minimum absolute atomic E-state index is 0.0312. The molecule has 0 heterocycles. The van der Waals surface area contributed by atoms with Crippen LogP contribution in [0.4, 0.5) is 4.39 Å². The topological polar surface area (TPSA) is 0 Å². The number of hydrogen-bond acceptors (Lipinski definition) is 0. The van der Waals surface area contributed by atoms with Gasteiger partial charge in [-0.2, -0.15) is 0 Å². The minimum atomic E-state index is -0.0312. The van der Waals surface area contributed by atoms with E-state index in [1.807, 2.05) is 42.5 Å². The molecule has 13 heavy (non-hydrogen) atoms. The average Bonchev–Trinajstić information content (AvgIpc) is 2.19. The van der Waals surface area contributed by atoms with E-state index in [1.54, 1.807) is 6.08 Å². The second kappa shape index (κ2) is 3.56. The molecule has 1 unspecified atom stereocenters. The van der Waals surface area contributed by atoms with Crippen molar-refractivity contribution in [3.05, 3.63) is 60.0 Å². The molecular weight excluding hydrogens is 163 g/mol. The van der Waals surface area contributed by atoms with Crippen LogP contribution in [-0.2, 0) is 0 Å². The van der Waals surface area contributed by atoms with Crippen molar-refractivity contribution in [2.75, 3.05) is 0 Å². The van der Waals surface area contributed by atoms with Gasteiger partial charge in [-0.15, -0.1) is 0 Å². The third kappa shape index (κ3) is 1.86. The van der Waals surface area contributed by atoms with Gasteiger partial charge in [0.1, 0.15) is 5.83 Å². The van der Waals surface area contributed by atoms with E-state index in [1.165, 1.54) is 0 Å². The van der Waals surface area contributed by atoms with Crippen molar-refractivity contribution >= 4 is 0 Å². The first-order valence-corrected chi connectivity index (χ1v) is 4.44. The summed E-state index contributed by atoms with van der Waals surface area (Å²) in [6.07, 6.45) is 6.05. The summed E-state index contributed by atoms with van der Waals surface area (Å²) < 4.78 is 12.9. The Balaban J connectivity index is 2.27. The van der Waals surface area contributed by atoms with Crippen LogP contribution in [0, 0.1) is 0 Å². The number of benzene rings is 1. The zero-order valence-corrected chi connectivity index (χ0v) is 7.28. The van der Waals surface area contributed by atoms with Gasteiger partial charge in [-0.05, 0) is 11.6 Å². The van der Waals surface area contributed by atoms with Crippen molar-refractivity contribution in [3.63, 3.8) is 0 Å². The molecule has 2 rings (SSSR count). The molecule has 1 aliphatic rings. The fourth-order valence-corrected chi connectivity index (χ4v) is 1.53. The van der Waals surface area contributed by atoms with Crippen LogP contribution in [0.15, 0.2) is 54.4 Å². The van der Waals surface area contributed by atoms with Crippen molar-refractivity contribution in [3.8, 4) is 0 Å². The third-order valence-electron chi connectivity index (χ3n) is 2.20. The highest BCUT2D eigenvalue weighted by Crippen LogP contribution is 2.25. The van der Waals surface area contributed by atoms with E-state index in [2.05, 4.69) is 0 Å². The van der Waals surface area contributed by atoms with E-state index in [0.717, 1.165) is 5.56 Å². The Kier molecular flexibility index (Phi) is 2.26. The summed E-state index contributed by atoms with van der Waals surface area (Å²) in [5, 5.41) is 0. The second-order valence-electron chi connectivity index (χ2n) is 3.18. The maximum Gasteiger partial charge on any atom is 0.101 e. The third-order valence-corrected chi connectivity index (χ3v) is 2.20. The van der Waals surface area contributed by atoms with E-state index >= 15 is 0 Å². The molecule has 0 saturated carbocycles. The maximum atomic E-state index is 12.9. The van der Waals surface area contributed by atoms with Crippen LogP contribution < -0.4 is 0 Å². The van der Waals surface area contributed by atoms with Crippen molar-refractivity contribution in [2.24, 2.45) is 0 Å². The van der Waals surface area contributed by atoms with Gasteiger partial charge in [0.05, 0.1) is 0 Å². The molecule has 0 fully saturated rings. The summed E-state index contributed by atoms with van der Waals surface area (Å²) in [6.45, 7) is 0. The van der Waals surface area contributed by atoms with E-state index in [9.17, 15) is 4.39 Å². The number of halogens is 1. The molecular formula is C12H11F. The average molecular weight is 174 g/mol. The zero-order valence-electron chi connectivity index (χ0n) is 7.28. The summed E-state index contributed by atoms with van der Waals surface area (Å²) in [6, 6.07) is 9.96. The summed E-state index contributed by atoms with van der Waals surface area (Å²) in [5.41, 5.74) is 1.15. The summed E-state index contributed by atoms with van der Waals surface area (Å²) in [7, 11) is 0. The summed E-state index contributed by atoms with van der Waals surface area (Å²) in [4.78, 5) is 0. The zero-order chi connectivity index (χ0) is 9.10. The van der Waals surface area contributed by atoms with Crippen molar-refractivity contribution in [2.45, 2.75) is 12.3 Å². The van der Waals surface area contributed by atoms with Crippen LogP contribution in [0.5, 0.6) is 0 Å². The number of rotatable bonds is 1. The van der Waals surface area contributed by atoms with Gasteiger partial charge in [0.2, 0.25) is 0 Å². The van der Waals surface area contributed by atoms with Crippen molar-refractivity contribution in [1.29, 1.82) is 0 Å². The Labute approximate surface area is 77.4 Å². The Bertz CT molecular complexity index is 335. The molecule has 0 aromatic heterocycles. The molecule has 1 atom stereocenters. The Morgan fingerprint density at radius 3 is 2.62 bits per heavy atom. The standard InChI is InChI=1S/C12H11F/c13-12-8-4-7-11(9-12)10-5-2-1-3-6-10/h1-7,9,11H,8H2. The van der Waals surface area contributed by atoms with Gasteiger partial charge in [0.25, 0.3) is 0 Å². The molecule has 1 aliphatic carbocycles. The predicted molar refractivity (Wildman–Crippen MR) is 52.1 cm³/mol. The van der Waals surface area contributed by atoms with Gasteiger partial charge in [-0.1, -0.05) is 42.5 Å². The molecule has 0 N–H and O–H groups in total. The SMILES string of the molecule is FC1=CC(c2ccccc2)C=CC1. The number of hydrogen-bond donors (Lipinski definition) is 0. The minimum Gasteiger partial charge on any atom is -0.212 e. The molecule has 0 bridgehead atoms. The van der Waals surface area contributed by atoms with Crippen LogP contribution in [0.1, 0.15) is 17.9 Å². The van der Waals surface area contributed by atoms with Gasteiger partial charge >= 0.3 is 0 Å². The molecule has 66 valence electrons. The quantitative estimate of drug-likeness (QED) is 0.571. The number of allylic oxidation sites excluding steroid dienone is 4. The lowest BCUT2D eigenvalue weighted by Crippen LogP contribution is -1.95. The van der Waals surface area contributed by atoms with Crippen LogP contribution in [-0.4, -0.2) is 0 Å². The van der Waals surface area contributed by atoms with Gasteiger partial charge in [-0.25, -0.2) is 4.39 Å². The first kappa shape index (κ1) is 8.24. The van der Waals surface area contributed by atoms with E-state index in [0.29, 0.717) is 6.42 Å². The van der Waals surface area contributed by atoms with Crippen LogP contribution >= 0.6 is 0 Å². The van der Waals surface area contributed by atoms with E-state index in [-0.39, 0.29) is 11.7 Å². The normalized spacial score (nSPS) is 21.3. The summed E-state index contributed by atoms with van der Waals surface area (Å²) in [5.74, 6) is 0.0892. The highest BCUT2D eigenvalue weighted by Gasteiger charge is 2.09. The molecule has 0 saturated heterocycles. The fraction of sp³-hybridized carbons (Fsp3) is 0.167. The largest absolute Gasteiger partial charge is 0.212 e. The Morgan fingerprint density at radius 2 is 1.92 bits per heavy atom. The highest BCUT2D eigenvalue weighted by atomic mass is 19.1. The van der Waals surface area contributed by atoms with Gasteiger partial charge in [0, 0.05) is 12.3 Å². The molecule has 0 nitrogen and oxygen atoms in total. The van der Waals surface area contributed by atoms with Gasteiger partial charge < -0.3 is 0 Å². The Hall–Kier alpha value is -1.37. The van der Waals surface area contributed by atoms with Crippen LogP contribution in [0.2, 0.25) is 0 Å². The van der Waals surface area contributed by atoms with Crippen LogP contribution in [0.3, 0.4) is 0 Å². The highest BCUT2D eigenvalue weighted by molar-refractivity contribution is 5.32. The first-order chi connectivity index (χ1) is 6.36. The lowest BCUT2D eigenvalue weighted by atomic mass is 9.94. The monoisotopic (exact) mass is 174 g/mol. The molecule has 0 amide bonds. The van der Waals surface area contributed by atoms with Crippen molar-refractivity contribution < 1.29 is 4.39 Å².